The molecule has 0 radical (unpaired) electrons. The van der Waals surface area contributed by atoms with Crippen LogP contribution < -0.4 is 4.90 Å². The first-order valence-electron chi connectivity index (χ1n) is 8.51. The Labute approximate surface area is 148 Å². The van der Waals surface area contributed by atoms with E-state index in [-0.39, 0.29) is 34.5 Å². The zero-order valence-corrected chi connectivity index (χ0v) is 15.3. The summed E-state index contributed by atoms with van der Waals surface area (Å²) in [4.78, 5) is 24.8. The first-order valence-corrected chi connectivity index (χ1v) is 8.51. The molecular formula is C18H26N2O5. The summed E-state index contributed by atoms with van der Waals surface area (Å²) < 4.78 is 10.4. The molecule has 0 amide bonds. The number of esters is 1. The van der Waals surface area contributed by atoms with Crippen molar-refractivity contribution in [3.63, 3.8) is 0 Å². The van der Waals surface area contributed by atoms with E-state index in [1.165, 1.54) is 7.11 Å². The van der Waals surface area contributed by atoms with E-state index in [4.69, 9.17) is 9.47 Å². The standard InChI is InChI=1S/C18H26N2O5/c1-5-13(11-17(21)24-4)14-6-7-15(16(10-14)20(22)23)19-8-9-25-18(2,3)12-19/h6-7,10,13H,5,8-9,11-12H2,1-4H3. The first-order chi connectivity index (χ1) is 11.8. The average Bonchev–Trinajstić information content (AvgIpc) is 2.57. The average molecular weight is 350 g/mol. The highest BCUT2D eigenvalue weighted by Crippen LogP contribution is 2.35. The molecule has 25 heavy (non-hydrogen) atoms. The highest BCUT2D eigenvalue weighted by atomic mass is 16.6. The molecule has 0 aliphatic carbocycles. The van der Waals surface area contributed by atoms with E-state index >= 15 is 0 Å². The molecule has 1 aliphatic heterocycles. The van der Waals surface area contributed by atoms with Gasteiger partial charge in [-0.05, 0) is 37.8 Å². The number of methoxy groups -OCH3 is 1. The fraction of sp³-hybridized carbons (Fsp3) is 0.611. The molecular weight excluding hydrogens is 324 g/mol. The maximum absolute atomic E-state index is 11.6. The molecule has 0 N–H and O–H groups in total. The summed E-state index contributed by atoms with van der Waals surface area (Å²) in [5.74, 6) is -0.408. The van der Waals surface area contributed by atoms with Gasteiger partial charge in [0.15, 0.2) is 0 Å². The number of hydrogen-bond donors (Lipinski definition) is 0. The maximum Gasteiger partial charge on any atom is 0.306 e. The van der Waals surface area contributed by atoms with Crippen molar-refractivity contribution in [2.75, 3.05) is 31.7 Å². The van der Waals surface area contributed by atoms with Crippen molar-refractivity contribution in [3.8, 4) is 0 Å². The van der Waals surface area contributed by atoms with Gasteiger partial charge in [-0.1, -0.05) is 13.0 Å². The minimum atomic E-state index is -0.355. The fourth-order valence-corrected chi connectivity index (χ4v) is 3.21. The zero-order valence-electron chi connectivity index (χ0n) is 15.3. The van der Waals surface area contributed by atoms with Gasteiger partial charge in [-0.2, -0.15) is 0 Å². The number of hydrogen-bond acceptors (Lipinski definition) is 6. The van der Waals surface area contributed by atoms with E-state index < -0.39 is 0 Å². The Kier molecular flexibility index (Phi) is 6.00. The van der Waals surface area contributed by atoms with Crippen LogP contribution in [0.1, 0.15) is 45.1 Å². The molecule has 0 spiro atoms. The molecule has 2 rings (SSSR count). The number of benzene rings is 1. The van der Waals surface area contributed by atoms with E-state index in [1.807, 2.05) is 31.7 Å². The molecule has 138 valence electrons. The number of nitrogens with zero attached hydrogens (tertiary/aromatic N) is 2. The molecule has 0 aromatic heterocycles. The quantitative estimate of drug-likeness (QED) is 0.445. The van der Waals surface area contributed by atoms with Crippen LogP contribution in [0.25, 0.3) is 0 Å². The number of morpholine rings is 1. The third-order valence-electron chi connectivity index (χ3n) is 4.57. The smallest absolute Gasteiger partial charge is 0.306 e. The normalized spacial score (nSPS) is 17.8. The Hall–Kier alpha value is -2.15. The Morgan fingerprint density at radius 3 is 2.76 bits per heavy atom. The second-order valence-electron chi connectivity index (χ2n) is 6.92. The van der Waals surface area contributed by atoms with Crippen LogP contribution in [0.3, 0.4) is 0 Å². The first kappa shape index (κ1) is 19.2. The van der Waals surface area contributed by atoms with E-state index in [0.717, 1.165) is 5.56 Å². The van der Waals surface area contributed by atoms with E-state index in [2.05, 4.69) is 0 Å². The van der Waals surface area contributed by atoms with Gasteiger partial charge in [0, 0.05) is 19.2 Å². The number of ether oxygens (including phenoxy) is 2. The summed E-state index contributed by atoms with van der Waals surface area (Å²) in [6, 6.07) is 5.26. The van der Waals surface area contributed by atoms with Crippen molar-refractivity contribution < 1.29 is 19.2 Å². The van der Waals surface area contributed by atoms with Gasteiger partial charge in [-0.25, -0.2) is 0 Å². The van der Waals surface area contributed by atoms with Crippen LogP contribution >= 0.6 is 0 Å². The maximum atomic E-state index is 11.6. The summed E-state index contributed by atoms with van der Waals surface area (Å²) in [7, 11) is 1.35. The summed E-state index contributed by atoms with van der Waals surface area (Å²) >= 11 is 0. The highest BCUT2D eigenvalue weighted by molar-refractivity contribution is 5.71. The molecule has 1 heterocycles. The molecule has 0 bridgehead atoms. The predicted molar refractivity (Wildman–Crippen MR) is 95.0 cm³/mol. The SMILES string of the molecule is CCC(CC(=O)OC)c1ccc(N2CCOC(C)(C)C2)c([N+](=O)[O-])c1. The lowest BCUT2D eigenvalue weighted by atomic mass is 9.92. The van der Waals surface area contributed by atoms with Gasteiger partial charge in [0.2, 0.25) is 0 Å². The van der Waals surface area contributed by atoms with Crippen molar-refractivity contribution in [2.24, 2.45) is 0 Å². The minimum absolute atomic E-state index is 0.0681. The number of rotatable bonds is 6. The predicted octanol–water partition coefficient (Wildman–Crippen LogP) is 3.27. The molecule has 1 aliphatic rings. The molecule has 7 heteroatoms. The van der Waals surface area contributed by atoms with Crippen LogP contribution in [0.4, 0.5) is 11.4 Å². The topological polar surface area (TPSA) is 81.9 Å². The van der Waals surface area contributed by atoms with Crippen LogP contribution in [0.5, 0.6) is 0 Å². The van der Waals surface area contributed by atoms with Gasteiger partial charge < -0.3 is 14.4 Å². The molecule has 1 atom stereocenters. The molecule has 1 aromatic rings. The summed E-state index contributed by atoms with van der Waals surface area (Å²) in [5, 5.41) is 11.6. The van der Waals surface area contributed by atoms with Crippen LogP contribution in [-0.4, -0.2) is 43.3 Å². The van der Waals surface area contributed by atoms with Gasteiger partial charge in [-0.3, -0.25) is 14.9 Å². The Morgan fingerprint density at radius 2 is 2.20 bits per heavy atom. The number of carbonyl (C=O) groups is 1. The van der Waals surface area contributed by atoms with E-state index in [9.17, 15) is 14.9 Å². The van der Waals surface area contributed by atoms with Gasteiger partial charge in [0.1, 0.15) is 5.69 Å². The fourth-order valence-electron chi connectivity index (χ4n) is 3.21. The summed E-state index contributed by atoms with van der Waals surface area (Å²) in [6.07, 6.45) is 0.921. The third-order valence-corrected chi connectivity index (χ3v) is 4.57. The molecule has 1 aromatic carbocycles. The number of nitro benzene ring substituents is 1. The zero-order chi connectivity index (χ0) is 18.6. The molecule has 1 saturated heterocycles. The van der Waals surface area contributed by atoms with Crippen molar-refractivity contribution in [1.29, 1.82) is 0 Å². The van der Waals surface area contributed by atoms with Gasteiger partial charge in [0.25, 0.3) is 5.69 Å². The third kappa shape index (κ3) is 4.69. The number of nitro groups is 1. The monoisotopic (exact) mass is 350 g/mol. The van der Waals surface area contributed by atoms with E-state index in [1.54, 1.807) is 12.1 Å². The molecule has 1 fully saturated rings. The van der Waals surface area contributed by atoms with Crippen LogP contribution in [0.2, 0.25) is 0 Å². The lowest BCUT2D eigenvalue weighted by Crippen LogP contribution is -2.48. The van der Waals surface area contributed by atoms with Gasteiger partial charge >= 0.3 is 5.97 Å². The number of anilines is 1. The van der Waals surface area contributed by atoms with Crippen LogP contribution in [-0.2, 0) is 14.3 Å². The highest BCUT2D eigenvalue weighted by Gasteiger charge is 2.31. The van der Waals surface area contributed by atoms with Crippen molar-refractivity contribution in [1.82, 2.24) is 0 Å². The summed E-state index contributed by atoms with van der Waals surface area (Å²) in [5.41, 5.74) is 1.11. The van der Waals surface area contributed by atoms with Crippen LogP contribution in [0, 0.1) is 10.1 Å². The Balaban J connectivity index is 2.34. The summed E-state index contributed by atoms with van der Waals surface area (Å²) in [6.45, 7) is 7.64. The van der Waals surface area contributed by atoms with Crippen molar-refractivity contribution in [2.45, 2.75) is 45.1 Å². The number of carbonyl (C=O) groups excluding carboxylic acids is 1. The van der Waals surface area contributed by atoms with Gasteiger partial charge in [0.05, 0.1) is 30.7 Å². The minimum Gasteiger partial charge on any atom is -0.469 e. The lowest BCUT2D eigenvalue weighted by molar-refractivity contribution is -0.384. The molecule has 7 nitrogen and oxygen atoms in total. The lowest BCUT2D eigenvalue weighted by Gasteiger charge is -2.39. The van der Waals surface area contributed by atoms with Gasteiger partial charge in [-0.15, -0.1) is 0 Å². The second kappa shape index (κ2) is 7.82. The van der Waals surface area contributed by atoms with Crippen LogP contribution in [0.15, 0.2) is 18.2 Å². The van der Waals surface area contributed by atoms with E-state index in [0.29, 0.717) is 31.8 Å². The molecule has 0 saturated carbocycles. The Bertz CT molecular complexity index is 644. The second-order valence-corrected chi connectivity index (χ2v) is 6.92. The van der Waals surface area contributed by atoms with Crippen molar-refractivity contribution in [3.05, 3.63) is 33.9 Å². The largest absolute Gasteiger partial charge is 0.469 e. The molecule has 1 unspecified atom stereocenters. The Morgan fingerprint density at radius 1 is 1.48 bits per heavy atom. The van der Waals surface area contributed by atoms with Crippen molar-refractivity contribution >= 4 is 17.3 Å².